The van der Waals surface area contributed by atoms with E-state index >= 15 is 0 Å². The molecule has 0 aliphatic heterocycles. The van der Waals surface area contributed by atoms with Crippen LogP contribution in [0.1, 0.15) is 5.56 Å². The first kappa shape index (κ1) is 14.6. The van der Waals surface area contributed by atoms with E-state index in [4.69, 9.17) is 0 Å². The summed E-state index contributed by atoms with van der Waals surface area (Å²) in [6.45, 7) is 0.468. The fourth-order valence-electron chi connectivity index (χ4n) is 1.97. The standard InChI is InChI=1S/C15H10BrFIN3/c16-14-5-4-12(17)6-11(14)8-21-9-19-15(20-21)10-2-1-3-13(18)7-10/h1-7,9H,8H2. The molecule has 3 rings (SSSR count). The quantitative estimate of drug-likeness (QED) is 0.542. The van der Waals surface area contributed by atoms with Crippen molar-refractivity contribution in [3.63, 3.8) is 0 Å². The van der Waals surface area contributed by atoms with E-state index in [0.717, 1.165) is 19.2 Å². The Bertz CT molecular complexity index is 788. The first-order chi connectivity index (χ1) is 10.1. The molecule has 0 atom stereocenters. The molecule has 1 aromatic heterocycles. The van der Waals surface area contributed by atoms with Gasteiger partial charge in [-0.3, -0.25) is 0 Å². The lowest BCUT2D eigenvalue weighted by Gasteiger charge is -2.04. The molecule has 0 saturated carbocycles. The smallest absolute Gasteiger partial charge is 0.181 e. The van der Waals surface area contributed by atoms with Crippen LogP contribution in [-0.2, 0) is 6.54 Å². The van der Waals surface area contributed by atoms with Gasteiger partial charge < -0.3 is 0 Å². The lowest BCUT2D eigenvalue weighted by atomic mass is 10.2. The lowest BCUT2D eigenvalue weighted by Crippen LogP contribution is -2.01. The number of aromatic nitrogens is 3. The van der Waals surface area contributed by atoms with Crippen LogP contribution in [-0.4, -0.2) is 14.8 Å². The highest BCUT2D eigenvalue weighted by molar-refractivity contribution is 14.1. The van der Waals surface area contributed by atoms with Crippen molar-refractivity contribution in [2.75, 3.05) is 0 Å². The molecule has 0 amide bonds. The van der Waals surface area contributed by atoms with E-state index in [1.165, 1.54) is 12.1 Å². The molecule has 0 radical (unpaired) electrons. The number of benzene rings is 2. The van der Waals surface area contributed by atoms with Crippen molar-refractivity contribution in [1.82, 2.24) is 14.8 Å². The number of hydrogen-bond donors (Lipinski definition) is 0. The van der Waals surface area contributed by atoms with E-state index in [9.17, 15) is 4.39 Å². The van der Waals surface area contributed by atoms with Gasteiger partial charge in [0.1, 0.15) is 12.1 Å². The van der Waals surface area contributed by atoms with Crippen molar-refractivity contribution in [1.29, 1.82) is 0 Å². The SMILES string of the molecule is Fc1ccc(Br)c(Cn2cnc(-c3cccc(I)c3)n2)c1. The van der Waals surface area contributed by atoms with Crippen molar-refractivity contribution < 1.29 is 4.39 Å². The Labute approximate surface area is 143 Å². The van der Waals surface area contributed by atoms with Gasteiger partial charge in [0, 0.05) is 13.6 Å². The molecule has 0 N–H and O–H groups in total. The normalized spacial score (nSPS) is 10.8. The molecule has 21 heavy (non-hydrogen) atoms. The Morgan fingerprint density at radius 2 is 2.05 bits per heavy atom. The van der Waals surface area contributed by atoms with Crippen molar-refractivity contribution in [2.24, 2.45) is 0 Å². The maximum atomic E-state index is 13.3. The molecular formula is C15H10BrFIN3. The summed E-state index contributed by atoms with van der Waals surface area (Å²) in [5, 5.41) is 4.45. The van der Waals surface area contributed by atoms with E-state index in [1.54, 1.807) is 17.1 Å². The van der Waals surface area contributed by atoms with Crippen LogP contribution in [0.15, 0.2) is 53.3 Å². The van der Waals surface area contributed by atoms with E-state index in [1.807, 2.05) is 24.3 Å². The summed E-state index contributed by atoms with van der Waals surface area (Å²) in [6, 6.07) is 12.6. The van der Waals surface area contributed by atoms with Crippen LogP contribution in [0.4, 0.5) is 4.39 Å². The number of halogens is 3. The van der Waals surface area contributed by atoms with Crippen LogP contribution >= 0.6 is 38.5 Å². The van der Waals surface area contributed by atoms with Crippen LogP contribution in [0, 0.1) is 9.39 Å². The lowest BCUT2D eigenvalue weighted by molar-refractivity contribution is 0.618. The van der Waals surface area contributed by atoms with E-state index in [2.05, 4.69) is 48.6 Å². The van der Waals surface area contributed by atoms with E-state index in [-0.39, 0.29) is 5.82 Å². The zero-order chi connectivity index (χ0) is 14.8. The van der Waals surface area contributed by atoms with Gasteiger partial charge in [-0.2, -0.15) is 5.10 Å². The topological polar surface area (TPSA) is 30.7 Å². The highest BCUT2D eigenvalue weighted by atomic mass is 127. The molecule has 0 saturated heterocycles. The van der Waals surface area contributed by atoms with Gasteiger partial charge >= 0.3 is 0 Å². The second-order valence-corrected chi connectivity index (χ2v) is 6.61. The van der Waals surface area contributed by atoms with Gasteiger partial charge in [-0.1, -0.05) is 28.1 Å². The molecule has 3 nitrogen and oxygen atoms in total. The average molecular weight is 458 g/mol. The van der Waals surface area contributed by atoms with Gasteiger partial charge in [0.2, 0.25) is 0 Å². The molecule has 0 aliphatic rings. The second kappa shape index (κ2) is 6.23. The predicted octanol–water partition coefficient (Wildman–Crippen LogP) is 4.50. The summed E-state index contributed by atoms with van der Waals surface area (Å²) in [5.41, 5.74) is 1.80. The van der Waals surface area contributed by atoms with Crippen molar-refractivity contribution in [3.05, 3.63) is 68.2 Å². The largest absolute Gasteiger partial charge is 0.248 e. The molecule has 3 aromatic rings. The zero-order valence-corrected chi connectivity index (χ0v) is 14.5. The maximum Gasteiger partial charge on any atom is 0.181 e. The van der Waals surface area contributed by atoms with Gasteiger partial charge in [0.15, 0.2) is 5.82 Å². The molecular weight excluding hydrogens is 448 g/mol. The maximum absolute atomic E-state index is 13.3. The Morgan fingerprint density at radius 3 is 2.86 bits per heavy atom. The number of rotatable bonds is 3. The van der Waals surface area contributed by atoms with Gasteiger partial charge in [-0.15, -0.1) is 0 Å². The molecule has 0 unspecified atom stereocenters. The Hall–Kier alpha value is -1.28. The van der Waals surface area contributed by atoms with Gasteiger partial charge in [0.25, 0.3) is 0 Å². The zero-order valence-electron chi connectivity index (χ0n) is 10.8. The predicted molar refractivity (Wildman–Crippen MR) is 91.4 cm³/mol. The minimum atomic E-state index is -0.258. The summed E-state index contributed by atoms with van der Waals surface area (Å²) in [7, 11) is 0. The minimum Gasteiger partial charge on any atom is -0.248 e. The molecule has 0 spiro atoms. The summed E-state index contributed by atoms with van der Waals surface area (Å²) in [5.74, 6) is 0.409. The van der Waals surface area contributed by atoms with Crippen molar-refractivity contribution in [2.45, 2.75) is 6.54 Å². The molecule has 6 heteroatoms. The Kier molecular flexibility index (Phi) is 4.34. The van der Waals surface area contributed by atoms with Crippen LogP contribution in [0.2, 0.25) is 0 Å². The number of nitrogens with zero attached hydrogens (tertiary/aromatic N) is 3. The highest BCUT2D eigenvalue weighted by Crippen LogP contribution is 2.20. The first-order valence-electron chi connectivity index (χ1n) is 6.21. The van der Waals surface area contributed by atoms with Crippen LogP contribution in [0.3, 0.4) is 0 Å². The molecule has 0 fully saturated rings. The van der Waals surface area contributed by atoms with E-state index < -0.39 is 0 Å². The first-order valence-corrected chi connectivity index (χ1v) is 8.08. The van der Waals surface area contributed by atoms with Gasteiger partial charge in [-0.05, 0) is 58.5 Å². The number of hydrogen-bond acceptors (Lipinski definition) is 2. The summed E-state index contributed by atoms with van der Waals surface area (Å²) >= 11 is 5.68. The van der Waals surface area contributed by atoms with Crippen LogP contribution < -0.4 is 0 Å². The van der Waals surface area contributed by atoms with Crippen molar-refractivity contribution >= 4 is 38.5 Å². The van der Waals surface area contributed by atoms with Gasteiger partial charge in [-0.25, -0.2) is 14.1 Å². The third-order valence-electron chi connectivity index (χ3n) is 2.96. The minimum absolute atomic E-state index is 0.258. The summed E-state index contributed by atoms with van der Waals surface area (Å²) in [4.78, 5) is 4.32. The van der Waals surface area contributed by atoms with Crippen LogP contribution in [0.5, 0.6) is 0 Å². The highest BCUT2D eigenvalue weighted by Gasteiger charge is 2.07. The molecule has 2 aromatic carbocycles. The average Bonchev–Trinajstić information content (AvgIpc) is 2.91. The fraction of sp³-hybridized carbons (Fsp3) is 0.0667. The molecule has 1 heterocycles. The molecule has 106 valence electrons. The third kappa shape index (κ3) is 3.49. The third-order valence-corrected chi connectivity index (χ3v) is 4.40. The van der Waals surface area contributed by atoms with Gasteiger partial charge in [0.05, 0.1) is 6.54 Å². The monoisotopic (exact) mass is 457 g/mol. The Morgan fingerprint density at radius 1 is 1.19 bits per heavy atom. The van der Waals surface area contributed by atoms with Crippen molar-refractivity contribution in [3.8, 4) is 11.4 Å². The molecule has 0 aliphatic carbocycles. The summed E-state index contributed by atoms with van der Waals surface area (Å²) in [6.07, 6.45) is 1.66. The summed E-state index contributed by atoms with van der Waals surface area (Å²) < 4.78 is 17.0. The molecule has 0 bridgehead atoms. The van der Waals surface area contributed by atoms with E-state index in [0.29, 0.717) is 12.4 Å². The second-order valence-electron chi connectivity index (χ2n) is 4.51. The Balaban J connectivity index is 1.87. The fourth-order valence-corrected chi connectivity index (χ4v) is 2.88. The van der Waals surface area contributed by atoms with Crippen LogP contribution in [0.25, 0.3) is 11.4 Å².